The summed E-state index contributed by atoms with van der Waals surface area (Å²) in [5, 5.41) is 0. The van der Waals surface area contributed by atoms with Crippen LogP contribution in [0.2, 0.25) is 0 Å². The number of pyridine rings is 1. The van der Waals surface area contributed by atoms with Crippen LogP contribution < -0.4 is 17.0 Å². The normalized spacial score (nSPS) is 13.0. The summed E-state index contributed by atoms with van der Waals surface area (Å²) in [6, 6.07) is 2.10. The number of nitrogens with zero attached hydrogens (tertiary/aromatic N) is 1. The van der Waals surface area contributed by atoms with Crippen molar-refractivity contribution >= 4 is 5.69 Å². The van der Waals surface area contributed by atoms with Gasteiger partial charge in [0.05, 0.1) is 0 Å². The molecule has 0 aromatic carbocycles. The predicted octanol–water partition coefficient (Wildman–Crippen LogP) is 1.47. The first-order valence-electron chi connectivity index (χ1n) is 5.78. The zero-order valence-electron chi connectivity index (χ0n) is 10.1. The first-order valence-corrected chi connectivity index (χ1v) is 5.78. The molecule has 1 rings (SSSR count). The van der Waals surface area contributed by atoms with Crippen molar-refractivity contribution in [3.05, 3.63) is 24.0 Å². The molecule has 4 heteroatoms. The van der Waals surface area contributed by atoms with Gasteiger partial charge in [0.25, 0.3) is 0 Å². The van der Waals surface area contributed by atoms with Crippen LogP contribution in [0.5, 0.6) is 0 Å². The quantitative estimate of drug-likeness (QED) is 0.503. The maximum absolute atomic E-state index is 5.87. The molecule has 90 valence electrons. The van der Waals surface area contributed by atoms with Crippen molar-refractivity contribution in [3.63, 3.8) is 0 Å². The van der Waals surface area contributed by atoms with Gasteiger partial charge in [-0.3, -0.25) is 16.3 Å². The monoisotopic (exact) mass is 222 g/mol. The molecule has 0 bridgehead atoms. The van der Waals surface area contributed by atoms with Crippen LogP contribution in [0, 0.1) is 5.92 Å². The largest absolute Gasteiger partial charge is 0.398 e. The highest BCUT2D eigenvalue weighted by atomic mass is 15.2. The zero-order chi connectivity index (χ0) is 12.0. The van der Waals surface area contributed by atoms with Crippen LogP contribution in [0.15, 0.2) is 18.5 Å². The Bertz CT molecular complexity index is 312. The van der Waals surface area contributed by atoms with E-state index in [0.29, 0.717) is 5.92 Å². The average molecular weight is 222 g/mol. The second-order valence-corrected chi connectivity index (χ2v) is 4.61. The third-order valence-corrected chi connectivity index (χ3v) is 2.74. The van der Waals surface area contributed by atoms with Crippen LogP contribution in [0.4, 0.5) is 5.69 Å². The highest BCUT2D eigenvalue weighted by molar-refractivity contribution is 5.44. The molecule has 5 N–H and O–H groups in total. The Hall–Kier alpha value is -1.13. The van der Waals surface area contributed by atoms with Gasteiger partial charge in [-0.2, -0.15) is 0 Å². The maximum Gasteiger partial charge on any atom is 0.0378 e. The van der Waals surface area contributed by atoms with Gasteiger partial charge in [-0.1, -0.05) is 13.8 Å². The van der Waals surface area contributed by atoms with Gasteiger partial charge >= 0.3 is 0 Å². The summed E-state index contributed by atoms with van der Waals surface area (Å²) in [6.07, 6.45) is 6.58. The van der Waals surface area contributed by atoms with E-state index in [1.807, 2.05) is 12.3 Å². The summed E-state index contributed by atoms with van der Waals surface area (Å²) in [5.74, 6) is 6.24. The molecule has 1 atom stereocenters. The van der Waals surface area contributed by atoms with Crippen LogP contribution in [-0.4, -0.2) is 11.0 Å². The van der Waals surface area contributed by atoms with Crippen LogP contribution >= 0.6 is 0 Å². The van der Waals surface area contributed by atoms with Crippen molar-refractivity contribution in [2.45, 2.75) is 39.2 Å². The first kappa shape index (κ1) is 12.9. The van der Waals surface area contributed by atoms with Crippen molar-refractivity contribution in [3.8, 4) is 0 Å². The van der Waals surface area contributed by atoms with Gasteiger partial charge in [0, 0.05) is 24.1 Å². The van der Waals surface area contributed by atoms with Gasteiger partial charge in [-0.05, 0) is 36.8 Å². The van der Waals surface area contributed by atoms with Crippen LogP contribution in [0.25, 0.3) is 0 Å². The Morgan fingerprint density at radius 2 is 2.12 bits per heavy atom. The minimum Gasteiger partial charge on any atom is -0.398 e. The summed E-state index contributed by atoms with van der Waals surface area (Å²) < 4.78 is 0. The molecule has 1 heterocycles. The van der Waals surface area contributed by atoms with Gasteiger partial charge in [-0.15, -0.1) is 0 Å². The maximum atomic E-state index is 5.87. The van der Waals surface area contributed by atoms with Crippen LogP contribution in [-0.2, 0) is 6.42 Å². The number of nitrogens with two attached hydrogens (primary N) is 2. The van der Waals surface area contributed by atoms with E-state index in [2.05, 4.69) is 24.3 Å². The molecule has 0 amide bonds. The molecule has 0 saturated heterocycles. The van der Waals surface area contributed by atoms with Crippen LogP contribution in [0.3, 0.4) is 0 Å². The molecule has 4 nitrogen and oxygen atoms in total. The van der Waals surface area contributed by atoms with Crippen LogP contribution in [0.1, 0.15) is 32.3 Å². The second-order valence-electron chi connectivity index (χ2n) is 4.61. The number of anilines is 1. The zero-order valence-corrected chi connectivity index (χ0v) is 10.1. The lowest BCUT2D eigenvalue weighted by atomic mass is 9.98. The van der Waals surface area contributed by atoms with Crippen molar-refractivity contribution in [2.75, 3.05) is 5.73 Å². The highest BCUT2D eigenvalue weighted by Crippen LogP contribution is 2.15. The average Bonchev–Trinajstić information content (AvgIpc) is 2.26. The lowest BCUT2D eigenvalue weighted by Crippen LogP contribution is -2.37. The number of hydrogen-bond donors (Lipinski definition) is 3. The molecule has 16 heavy (non-hydrogen) atoms. The number of rotatable bonds is 6. The molecule has 1 aromatic heterocycles. The molecule has 0 spiro atoms. The van der Waals surface area contributed by atoms with Gasteiger partial charge < -0.3 is 5.73 Å². The Balaban J connectivity index is 2.53. The van der Waals surface area contributed by atoms with E-state index in [1.165, 1.54) is 0 Å². The fraction of sp³-hybridized carbons (Fsp3) is 0.583. The molecule has 1 aromatic rings. The van der Waals surface area contributed by atoms with Crippen molar-refractivity contribution in [1.82, 2.24) is 10.4 Å². The van der Waals surface area contributed by atoms with Gasteiger partial charge in [0.2, 0.25) is 0 Å². The van der Waals surface area contributed by atoms with Crippen molar-refractivity contribution < 1.29 is 0 Å². The fourth-order valence-corrected chi connectivity index (χ4v) is 1.65. The Morgan fingerprint density at radius 3 is 2.69 bits per heavy atom. The number of hydrazine groups is 1. The summed E-state index contributed by atoms with van der Waals surface area (Å²) >= 11 is 0. The molecule has 0 aliphatic carbocycles. The fourth-order valence-electron chi connectivity index (χ4n) is 1.65. The van der Waals surface area contributed by atoms with E-state index in [4.69, 9.17) is 11.6 Å². The number of nitrogen functional groups attached to an aromatic ring is 1. The third kappa shape index (κ3) is 4.16. The Kier molecular flexibility index (Phi) is 5.22. The van der Waals surface area contributed by atoms with E-state index < -0.39 is 0 Å². The van der Waals surface area contributed by atoms with E-state index in [1.54, 1.807) is 6.20 Å². The lowest BCUT2D eigenvalue weighted by molar-refractivity contribution is 0.434. The van der Waals surface area contributed by atoms with E-state index >= 15 is 0 Å². The Labute approximate surface area is 97.4 Å². The molecule has 0 radical (unpaired) electrons. The number of hydrogen-bond acceptors (Lipinski definition) is 4. The van der Waals surface area contributed by atoms with Crippen molar-refractivity contribution in [1.29, 1.82) is 0 Å². The summed E-state index contributed by atoms with van der Waals surface area (Å²) in [6.45, 7) is 4.43. The van der Waals surface area contributed by atoms with E-state index in [9.17, 15) is 0 Å². The summed E-state index contributed by atoms with van der Waals surface area (Å²) in [4.78, 5) is 4.08. The van der Waals surface area contributed by atoms with Crippen molar-refractivity contribution in [2.24, 2.45) is 11.8 Å². The minimum atomic E-state index is 0.272. The molecule has 0 aliphatic heterocycles. The molecular formula is C12H22N4. The highest BCUT2D eigenvalue weighted by Gasteiger charge is 2.10. The molecule has 0 fully saturated rings. The second kappa shape index (κ2) is 6.45. The standard InChI is InChI=1S/C12H22N4/c1-9(2)3-4-11(16-14)7-10-8-15-6-5-12(10)13/h5-6,8-9,11,16H,3-4,7,14H2,1-2H3,(H2,13,15). The first-order chi connectivity index (χ1) is 7.63. The van der Waals surface area contributed by atoms with Gasteiger partial charge in [-0.25, -0.2) is 0 Å². The van der Waals surface area contributed by atoms with Gasteiger partial charge in [0.15, 0.2) is 0 Å². The minimum absolute atomic E-state index is 0.272. The van der Waals surface area contributed by atoms with E-state index in [-0.39, 0.29) is 6.04 Å². The predicted molar refractivity (Wildman–Crippen MR) is 67.5 cm³/mol. The summed E-state index contributed by atoms with van der Waals surface area (Å²) in [5.41, 5.74) is 10.6. The third-order valence-electron chi connectivity index (χ3n) is 2.74. The Morgan fingerprint density at radius 1 is 1.38 bits per heavy atom. The molecule has 1 unspecified atom stereocenters. The molecule has 0 saturated carbocycles. The topological polar surface area (TPSA) is 77.0 Å². The number of nitrogens with one attached hydrogen (secondary N) is 1. The smallest absolute Gasteiger partial charge is 0.0378 e. The SMILES string of the molecule is CC(C)CCC(Cc1cnccc1N)NN. The molecule has 0 aliphatic rings. The van der Waals surface area contributed by atoms with Gasteiger partial charge in [0.1, 0.15) is 0 Å². The molecular weight excluding hydrogens is 200 g/mol. The number of aromatic nitrogens is 1. The summed E-state index contributed by atoms with van der Waals surface area (Å²) in [7, 11) is 0. The van der Waals surface area contributed by atoms with E-state index in [0.717, 1.165) is 30.5 Å². The lowest BCUT2D eigenvalue weighted by Gasteiger charge is -2.17.